The largest absolute Gasteiger partial charge is 0.465 e. The van der Waals surface area contributed by atoms with Crippen molar-refractivity contribution in [3.8, 4) is 0 Å². The van der Waals surface area contributed by atoms with Gasteiger partial charge in [-0.1, -0.05) is 13.0 Å². The van der Waals surface area contributed by atoms with Crippen LogP contribution in [0.4, 0.5) is 5.82 Å². The van der Waals surface area contributed by atoms with Crippen LogP contribution in [0, 0.1) is 5.92 Å². The van der Waals surface area contributed by atoms with E-state index in [1.165, 1.54) is 19.7 Å². The minimum atomic E-state index is -0.372. The molecule has 0 aliphatic carbocycles. The van der Waals surface area contributed by atoms with E-state index in [2.05, 4.69) is 38.8 Å². The molecule has 3 rings (SSSR count). The molecule has 0 spiro atoms. The third-order valence-corrected chi connectivity index (χ3v) is 3.96. The zero-order valence-electron chi connectivity index (χ0n) is 12.9. The maximum Gasteiger partial charge on any atom is 0.341 e. The predicted octanol–water partition coefficient (Wildman–Crippen LogP) is 1.96. The number of hydrogen-bond donors (Lipinski definition) is 0. The lowest BCUT2D eigenvalue weighted by Gasteiger charge is -2.17. The molecule has 1 aliphatic rings. The predicted molar refractivity (Wildman–Crippen MR) is 82.9 cm³/mol. The first-order chi connectivity index (χ1) is 10.7. The minimum absolute atomic E-state index is 0.372. The standard InChI is InChI=1S/C16H20N4O2/c1-12-5-6-19(9-12)15-4-3-13(7-17-15)10-20-11-14(8-18-20)16(21)22-2/h3-4,7-8,11-12H,5-6,9-10H2,1-2H3. The number of esters is 1. The second-order valence-corrected chi connectivity index (χ2v) is 5.78. The fourth-order valence-corrected chi connectivity index (χ4v) is 2.70. The summed E-state index contributed by atoms with van der Waals surface area (Å²) in [6, 6.07) is 4.11. The number of methoxy groups -OCH3 is 1. The number of carbonyl (C=O) groups is 1. The van der Waals surface area contributed by atoms with Crippen molar-refractivity contribution in [2.75, 3.05) is 25.1 Å². The molecule has 22 heavy (non-hydrogen) atoms. The molecule has 1 fully saturated rings. The van der Waals surface area contributed by atoms with Crippen molar-refractivity contribution in [2.24, 2.45) is 5.92 Å². The summed E-state index contributed by atoms with van der Waals surface area (Å²) >= 11 is 0. The Balaban J connectivity index is 1.66. The van der Waals surface area contributed by atoms with Crippen LogP contribution in [-0.4, -0.2) is 40.9 Å². The van der Waals surface area contributed by atoms with E-state index in [9.17, 15) is 4.79 Å². The monoisotopic (exact) mass is 300 g/mol. The molecule has 0 N–H and O–H groups in total. The van der Waals surface area contributed by atoms with Gasteiger partial charge in [-0.25, -0.2) is 9.78 Å². The summed E-state index contributed by atoms with van der Waals surface area (Å²) < 4.78 is 6.38. The van der Waals surface area contributed by atoms with Gasteiger partial charge in [0.15, 0.2) is 0 Å². The van der Waals surface area contributed by atoms with Gasteiger partial charge in [0, 0.05) is 25.5 Å². The third-order valence-electron chi connectivity index (χ3n) is 3.96. The molecular weight excluding hydrogens is 280 g/mol. The van der Waals surface area contributed by atoms with Gasteiger partial charge in [-0.2, -0.15) is 5.10 Å². The van der Waals surface area contributed by atoms with Gasteiger partial charge in [-0.3, -0.25) is 4.68 Å². The highest BCUT2D eigenvalue weighted by Crippen LogP contribution is 2.21. The summed E-state index contributed by atoms with van der Waals surface area (Å²) in [7, 11) is 1.36. The lowest BCUT2D eigenvalue weighted by Crippen LogP contribution is -2.20. The van der Waals surface area contributed by atoms with E-state index in [0.29, 0.717) is 12.1 Å². The fraction of sp³-hybridized carbons (Fsp3) is 0.438. The molecule has 0 radical (unpaired) electrons. The molecule has 6 nitrogen and oxygen atoms in total. The summed E-state index contributed by atoms with van der Waals surface area (Å²) in [5, 5.41) is 4.17. The number of carbonyl (C=O) groups excluding carboxylic acids is 1. The first-order valence-electron chi connectivity index (χ1n) is 7.46. The van der Waals surface area contributed by atoms with E-state index in [-0.39, 0.29) is 5.97 Å². The van der Waals surface area contributed by atoms with Crippen LogP contribution in [0.25, 0.3) is 0 Å². The summed E-state index contributed by atoms with van der Waals surface area (Å²) in [6.07, 6.45) is 6.30. The molecule has 0 saturated carbocycles. The van der Waals surface area contributed by atoms with Crippen LogP contribution in [0.5, 0.6) is 0 Å². The van der Waals surface area contributed by atoms with Gasteiger partial charge in [0.1, 0.15) is 5.82 Å². The highest BCUT2D eigenvalue weighted by molar-refractivity contribution is 5.88. The molecule has 1 aliphatic heterocycles. The van der Waals surface area contributed by atoms with Crippen molar-refractivity contribution in [3.63, 3.8) is 0 Å². The van der Waals surface area contributed by atoms with Crippen molar-refractivity contribution >= 4 is 11.8 Å². The van der Waals surface area contributed by atoms with Crippen LogP contribution >= 0.6 is 0 Å². The van der Waals surface area contributed by atoms with Crippen LogP contribution in [0.1, 0.15) is 29.3 Å². The Morgan fingerprint density at radius 3 is 2.91 bits per heavy atom. The molecule has 1 atom stereocenters. The Bertz CT molecular complexity index is 650. The van der Waals surface area contributed by atoms with E-state index in [0.717, 1.165) is 30.4 Å². The number of nitrogens with zero attached hydrogens (tertiary/aromatic N) is 4. The quantitative estimate of drug-likeness (QED) is 0.808. The van der Waals surface area contributed by atoms with Crippen LogP contribution in [-0.2, 0) is 11.3 Å². The normalized spacial score (nSPS) is 17.7. The number of pyridine rings is 1. The van der Waals surface area contributed by atoms with Crippen LogP contribution in [0.2, 0.25) is 0 Å². The van der Waals surface area contributed by atoms with E-state index in [1.54, 1.807) is 10.9 Å². The van der Waals surface area contributed by atoms with Gasteiger partial charge in [0.05, 0.1) is 25.4 Å². The highest BCUT2D eigenvalue weighted by Gasteiger charge is 2.19. The van der Waals surface area contributed by atoms with Crippen LogP contribution in [0.3, 0.4) is 0 Å². The van der Waals surface area contributed by atoms with Crippen LogP contribution in [0.15, 0.2) is 30.7 Å². The van der Waals surface area contributed by atoms with Crippen molar-refractivity contribution < 1.29 is 9.53 Å². The first-order valence-corrected chi connectivity index (χ1v) is 7.46. The van der Waals surface area contributed by atoms with E-state index in [1.807, 2.05) is 6.20 Å². The maximum absolute atomic E-state index is 11.4. The molecule has 0 bridgehead atoms. The molecule has 1 saturated heterocycles. The molecule has 3 heterocycles. The van der Waals surface area contributed by atoms with E-state index >= 15 is 0 Å². The molecule has 1 unspecified atom stereocenters. The number of rotatable bonds is 4. The number of aromatic nitrogens is 3. The third kappa shape index (κ3) is 3.10. The van der Waals surface area contributed by atoms with Gasteiger partial charge in [0.25, 0.3) is 0 Å². The average Bonchev–Trinajstić information content (AvgIpc) is 3.16. The smallest absolute Gasteiger partial charge is 0.341 e. The molecule has 116 valence electrons. The topological polar surface area (TPSA) is 60.2 Å². The lowest BCUT2D eigenvalue weighted by atomic mass is 10.2. The van der Waals surface area contributed by atoms with Gasteiger partial charge in [0.2, 0.25) is 0 Å². The number of hydrogen-bond acceptors (Lipinski definition) is 5. The Hall–Kier alpha value is -2.37. The Morgan fingerprint density at radius 1 is 1.41 bits per heavy atom. The molecule has 0 aromatic carbocycles. The van der Waals surface area contributed by atoms with E-state index in [4.69, 9.17) is 0 Å². The molecular formula is C16H20N4O2. The fourth-order valence-electron chi connectivity index (χ4n) is 2.70. The Morgan fingerprint density at radius 2 is 2.27 bits per heavy atom. The zero-order chi connectivity index (χ0) is 15.5. The Kier molecular flexibility index (Phi) is 4.09. The second kappa shape index (κ2) is 6.17. The van der Waals surface area contributed by atoms with Gasteiger partial charge >= 0.3 is 5.97 Å². The maximum atomic E-state index is 11.4. The molecule has 2 aromatic heterocycles. The number of ether oxygens (including phenoxy) is 1. The van der Waals surface area contributed by atoms with E-state index < -0.39 is 0 Å². The second-order valence-electron chi connectivity index (χ2n) is 5.78. The van der Waals surface area contributed by atoms with Crippen molar-refractivity contribution in [3.05, 3.63) is 41.9 Å². The molecule has 2 aromatic rings. The van der Waals surface area contributed by atoms with Crippen molar-refractivity contribution in [1.82, 2.24) is 14.8 Å². The highest BCUT2D eigenvalue weighted by atomic mass is 16.5. The number of anilines is 1. The first kappa shape index (κ1) is 14.6. The summed E-state index contributed by atoms with van der Waals surface area (Å²) in [6.45, 7) is 5.01. The molecule has 6 heteroatoms. The lowest BCUT2D eigenvalue weighted by molar-refractivity contribution is 0.0600. The Labute approximate surface area is 129 Å². The van der Waals surface area contributed by atoms with Crippen molar-refractivity contribution in [1.29, 1.82) is 0 Å². The summed E-state index contributed by atoms with van der Waals surface area (Å²) in [4.78, 5) is 18.3. The SMILES string of the molecule is COC(=O)c1cnn(Cc2ccc(N3CCC(C)C3)nc2)c1. The van der Waals surface area contributed by atoms with Gasteiger partial charge in [-0.15, -0.1) is 0 Å². The van der Waals surface area contributed by atoms with Crippen LogP contribution < -0.4 is 4.90 Å². The summed E-state index contributed by atoms with van der Waals surface area (Å²) in [5.41, 5.74) is 1.51. The average molecular weight is 300 g/mol. The van der Waals surface area contributed by atoms with Crippen molar-refractivity contribution in [2.45, 2.75) is 19.9 Å². The molecule has 0 amide bonds. The van der Waals surface area contributed by atoms with Gasteiger partial charge in [-0.05, 0) is 24.0 Å². The summed E-state index contributed by atoms with van der Waals surface area (Å²) in [5.74, 6) is 1.40. The minimum Gasteiger partial charge on any atom is -0.465 e. The zero-order valence-corrected chi connectivity index (χ0v) is 12.9. The van der Waals surface area contributed by atoms with Gasteiger partial charge < -0.3 is 9.64 Å².